The summed E-state index contributed by atoms with van der Waals surface area (Å²) in [4.78, 5) is 10.3. The van der Waals surface area contributed by atoms with Crippen LogP contribution in [0.25, 0.3) is 0 Å². The monoisotopic (exact) mass is 351 g/mol. The van der Waals surface area contributed by atoms with Crippen LogP contribution in [0.2, 0.25) is 0 Å². The highest BCUT2D eigenvalue weighted by Gasteiger charge is 2.26. The lowest BCUT2D eigenvalue weighted by Gasteiger charge is -2.09. The van der Waals surface area contributed by atoms with Crippen LogP contribution in [0.15, 0.2) is 23.1 Å². The topological polar surface area (TPSA) is 120 Å². The van der Waals surface area contributed by atoms with Gasteiger partial charge in [-0.05, 0) is 18.6 Å². The lowest BCUT2D eigenvalue weighted by Crippen LogP contribution is -2.12. The molecule has 0 bridgehead atoms. The van der Waals surface area contributed by atoms with Gasteiger partial charge in [-0.1, -0.05) is 6.07 Å². The SMILES string of the molecule is CS(=O)(=O)c1cccc(NCCc2nnc3n2CCC3)c1[N+](=O)[O-]. The van der Waals surface area contributed by atoms with Gasteiger partial charge in [0.05, 0.1) is 4.92 Å². The molecule has 24 heavy (non-hydrogen) atoms. The van der Waals surface area contributed by atoms with Crippen LogP contribution in [0.3, 0.4) is 0 Å². The number of aryl methyl sites for hydroxylation is 1. The number of hydrogen-bond acceptors (Lipinski definition) is 7. The van der Waals surface area contributed by atoms with E-state index in [0.29, 0.717) is 13.0 Å². The molecule has 128 valence electrons. The average molecular weight is 351 g/mol. The quantitative estimate of drug-likeness (QED) is 0.613. The molecule has 10 heteroatoms. The molecule has 3 rings (SSSR count). The number of rotatable bonds is 6. The number of nitrogens with zero attached hydrogens (tertiary/aromatic N) is 4. The van der Waals surface area contributed by atoms with Gasteiger partial charge in [0.1, 0.15) is 22.2 Å². The highest BCUT2D eigenvalue weighted by molar-refractivity contribution is 7.90. The fourth-order valence-electron chi connectivity index (χ4n) is 2.86. The Morgan fingerprint density at radius 3 is 2.88 bits per heavy atom. The number of nitrogens with one attached hydrogen (secondary N) is 1. The molecule has 1 aliphatic heterocycles. The van der Waals surface area contributed by atoms with Gasteiger partial charge in [0.2, 0.25) is 0 Å². The zero-order valence-electron chi connectivity index (χ0n) is 13.1. The van der Waals surface area contributed by atoms with Crippen molar-refractivity contribution in [1.82, 2.24) is 14.8 Å². The van der Waals surface area contributed by atoms with Crippen molar-refractivity contribution in [2.24, 2.45) is 0 Å². The van der Waals surface area contributed by atoms with Gasteiger partial charge in [-0.25, -0.2) is 8.42 Å². The first-order chi connectivity index (χ1) is 11.4. The molecule has 2 aromatic rings. The van der Waals surface area contributed by atoms with E-state index in [-0.39, 0.29) is 10.6 Å². The molecule has 2 heterocycles. The summed E-state index contributed by atoms with van der Waals surface area (Å²) in [6.45, 7) is 1.29. The number of nitro benzene ring substituents is 1. The normalized spacial score (nSPS) is 13.7. The maximum absolute atomic E-state index is 11.7. The van der Waals surface area contributed by atoms with Gasteiger partial charge in [0, 0.05) is 32.2 Å². The minimum Gasteiger partial charge on any atom is -0.379 e. The molecule has 1 aromatic carbocycles. The van der Waals surface area contributed by atoms with Crippen LogP contribution in [0.5, 0.6) is 0 Å². The summed E-state index contributed by atoms with van der Waals surface area (Å²) in [5.41, 5.74) is -0.240. The van der Waals surface area contributed by atoms with Crippen LogP contribution in [0, 0.1) is 10.1 Å². The summed E-state index contributed by atoms with van der Waals surface area (Å²) in [6.07, 6.45) is 3.47. The Morgan fingerprint density at radius 2 is 2.17 bits per heavy atom. The Morgan fingerprint density at radius 1 is 1.38 bits per heavy atom. The Kier molecular flexibility index (Phi) is 4.22. The molecule has 0 spiro atoms. The van der Waals surface area contributed by atoms with E-state index in [0.717, 1.165) is 37.3 Å². The third-order valence-electron chi connectivity index (χ3n) is 3.93. The Bertz CT molecular complexity index is 891. The second-order valence-electron chi connectivity index (χ2n) is 5.65. The lowest BCUT2D eigenvalue weighted by atomic mass is 10.2. The molecule has 9 nitrogen and oxygen atoms in total. The van der Waals surface area contributed by atoms with Crippen LogP contribution in [-0.2, 0) is 29.2 Å². The van der Waals surface area contributed by atoms with E-state index in [1.54, 1.807) is 0 Å². The van der Waals surface area contributed by atoms with Crippen molar-refractivity contribution in [3.05, 3.63) is 40.0 Å². The third kappa shape index (κ3) is 3.09. The lowest BCUT2D eigenvalue weighted by molar-refractivity contribution is -0.386. The second kappa shape index (κ2) is 6.19. The number of anilines is 1. The summed E-state index contributed by atoms with van der Waals surface area (Å²) in [5.74, 6) is 1.80. The van der Waals surface area contributed by atoms with E-state index >= 15 is 0 Å². The number of fused-ring (bicyclic) bond motifs is 1. The Hall–Kier alpha value is -2.49. The molecule has 0 saturated heterocycles. The van der Waals surface area contributed by atoms with Crippen LogP contribution >= 0.6 is 0 Å². The van der Waals surface area contributed by atoms with E-state index in [1.165, 1.54) is 18.2 Å². The molecular formula is C14H17N5O4S. The molecule has 0 aliphatic carbocycles. The molecule has 0 atom stereocenters. The van der Waals surface area contributed by atoms with Crippen molar-refractivity contribution in [1.29, 1.82) is 0 Å². The molecule has 0 amide bonds. The number of sulfone groups is 1. The van der Waals surface area contributed by atoms with E-state index in [1.807, 2.05) is 0 Å². The third-order valence-corrected chi connectivity index (χ3v) is 5.06. The molecule has 0 unspecified atom stereocenters. The number of benzene rings is 1. The molecular weight excluding hydrogens is 334 g/mol. The first-order valence-corrected chi connectivity index (χ1v) is 9.39. The number of para-hydroxylation sites is 1. The van der Waals surface area contributed by atoms with Crippen LogP contribution in [0.4, 0.5) is 11.4 Å². The van der Waals surface area contributed by atoms with Gasteiger partial charge in [-0.2, -0.15) is 0 Å². The predicted octanol–water partition coefficient (Wildman–Crippen LogP) is 1.19. The number of hydrogen-bond donors (Lipinski definition) is 1. The van der Waals surface area contributed by atoms with Gasteiger partial charge in [-0.3, -0.25) is 10.1 Å². The number of aromatic nitrogens is 3. The van der Waals surface area contributed by atoms with Gasteiger partial charge < -0.3 is 9.88 Å². The largest absolute Gasteiger partial charge is 0.379 e. The summed E-state index contributed by atoms with van der Waals surface area (Å²) in [5, 5.41) is 22.5. The van der Waals surface area contributed by atoms with Crippen molar-refractivity contribution in [3.8, 4) is 0 Å². The molecule has 0 radical (unpaired) electrons. The maximum atomic E-state index is 11.7. The first-order valence-electron chi connectivity index (χ1n) is 7.50. The van der Waals surface area contributed by atoms with Crippen molar-refractivity contribution in [2.45, 2.75) is 30.7 Å². The van der Waals surface area contributed by atoms with E-state index in [4.69, 9.17) is 0 Å². The molecule has 1 aliphatic rings. The summed E-state index contributed by atoms with van der Waals surface area (Å²) in [7, 11) is -3.69. The van der Waals surface area contributed by atoms with Gasteiger partial charge in [0.25, 0.3) is 0 Å². The fraction of sp³-hybridized carbons (Fsp3) is 0.429. The molecule has 1 N–H and O–H groups in total. The zero-order chi connectivity index (χ0) is 17.3. The maximum Gasteiger partial charge on any atom is 0.310 e. The summed E-state index contributed by atoms with van der Waals surface area (Å²) in [6, 6.07) is 4.23. The number of nitro groups is 1. The van der Waals surface area contributed by atoms with Crippen LogP contribution in [-0.4, -0.2) is 40.9 Å². The smallest absolute Gasteiger partial charge is 0.310 e. The van der Waals surface area contributed by atoms with Gasteiger partial charge in [0.15, 0.2) is 9.84 Å². The molecule has 1 aromatic heterocycles. The summed E-state index contributed by atoms with van der Waals surface area (Å²) < 4.78 is 25.5. The highest BCUT2D eigenvalue weighted by atomic mass is 32.2. The predicted molar refractivity (Wildman–Crippen MR) is 86.7 cm³/mol. The van der Waals surface area contributed by atoms with Gasteiger partial charge >= 0.3 is 5.69 Å². The van der Waals surface area contributed by atoms with Crippen LogP contribution in [0.1, 0.15) is 18.1 Å². The average Bonchev–Trinajstić information content (AvgIpc) is 3.10. The van der Waals surface area contributed by atoms with Crippen molar-refractivity contribution in [2.75, 3.05) is 18.1 Å². The fourth-order valence-corrected chi connectivity index (χ4v) is 3.72. The minimum absolute atomic E-state index is 0.184. The zero-order valence-corrected chi connectivity index (χ0v) is 13.9. The van der Waals surface area contributed by atoms with E-state index in [2.05, 4.69) is 20.1 Å². The molecule has 0 saturated carbocycles. The van der Waals surface area contributed by atoms with Crippen LogP contribution < -0.4 is 5.32 Å². The minimum atomic E-state index is -3.69. The summed E-state index contributed by atoms with van der Waals surface area (Å²) >= 11 is 0. The standard InChI is InChI=1S/C14H17N5O4S/c1-24(22,23)11-5-2-4-10(14(11)19(20)21)15-8-7-13-17-16-12-6-3-9-18(12)13/h2,4-5,15H,3,6-9H2,1H3. The van der Waals surface area contributed by atoms with E-state index in [9.17, 15) is 18.5 Å². The van der Waals surface area contributed by atoms with Gasteiger partial charge in [-0.15, -0.1) is 10.2 Å². The Balaban J connectivity index is 1.79. The molecule has 0 fully saturated rings. The van der Waals surface area contributed by atoms with Crippen molar-refractivity contribution < 1.29 is 13.3 Å². The Labute approximate surface area is 138 Å². The van der Waals surface area contributed by atoms with Crippen molar-refractivity contribution >= 4 is 21.2 Å². The second-order valence-corrected chi connectivity index (χ2v) is 7.63. The first kappa shape index (κ1) is 16.4. The van der Waals surface area contributed by atoms with E-state index < -0.39 is 20.4 Å². The highest BCUT2D eigenvalue weighted by Crippen LogP contribution is 2.31. The van der Waals surface area contributed by atoms with Crippen molar-refractivity contribution in [3.63, 3.8) is 0 Å².